The predicted octanol–water partition coefficient (Wildman–Crippen LogP) is 3.76. The Hall–Kier alpha value is -1.47. The Bertz CT molecular complexity index is 623. The van der Waals surface area contributed by atoms with Gasteiger partial charge in [-0.2, -0.15) is 0 Å². The fourth-order valence-corrected chi connectivity index (χ4v) is 3.84. The van der Waals surface area contributed by atoms with Gasteiger partial charge in [-0.1, -0.05) is 13.8 Å². The number of rotatable bonds is 6. The quantitative estimate of drug-likeness (QED) is 0.872. The lowest BCUT2D eigenvalue weighted by molar-refractivity contribution is 0.202. The number of carbonyl (C=O) groups is 1. The van der Waals surface area contributed by atoms with E-state index in [9.17, 15) is 4.79 Å². The highest BCUT2D eigenvalue weighted by Gasteiger charge is 2.19. The van der Waals surface area contributed by atoms with E-state index in [0.717, 1.165) is 28.6 Å². The molecule has 0 spiro atoms. The molecule has 1 atom stereocenters. The summed E-state index contributed by atoms with van der Waals surface area (Å²) in [6.45, 7) is 6.66. The van der Waals surface area contributed by atoms with Gasteiger partial charge in [-0.3, -0.25) is 0 Å². The van der Waals surface area contributed by atoms with Gasteiger partial charge >= 0.3 is 6.03 Å². The van der Waals surface area contributed by atoms with Crippen molar-refractivity contribution >= 4 is 28.7 Å². The molecule has 0 aromatic carbocycles. The van der Waals surface area contributed by atoms with E-state index in [4.69, 9.17) is 0 Å². The lowest BCUT2D eigenvalue weighted by Gasteiger charge is -2.21. The van der Waals surface area contributed by atoms with E-state index in [-0.39, 0.29) is 12.1 Å². The number of hydrogen-bond acceptors (Lipinski definition) is 5. The maximum Gasteiger partial charge on any atom is 0.318 e. The fraction of sp³-hybridized carbons (Fsp3) is 0.533. The van der Waals surface area contributed by atoms with E-state index in [1.807, 2.05) is 18.5 Å². The Morgan fingerprint density at radius 2 is 2.23 bits per heavy atom. The van der Waals surface area contributed by atoms with Crippen LogP contribution in [0.1, 0.15) is 46.9 Å². The molecule has 0 fully saturated rings. The van der Waals surface area contributed by atoms with Crippen LogP contribution in [0.25, 0.3) is 0 Å². The van der Waals surface area contributed by atoms with Crippen molar-refractivity contribution in [2.75, 3.05) is 7.05 Å². The second-order valence-corrected chi connectivity index (χ2v) is 7.26. The number of aromatic nitrogens is 2. The lowest BCUT2D eigenvalue weighted by atomic mass is 10.2. The van der Waals surface area contributed by atoms with Gasteiger partial charge in [-0.25, -0.2) is 14.8 Å². The smallest absolute Gasteiger partial charge is 0.318 e. The van der Waals surface area contributed by atoms with Gasteiger partial charge in [0, 0.05) is 29.2 Å². The molecular weight excluding hydrogens is 316 g/mol. The number of hydrogen-bond donors (Lipinski definition) is 1. The highest BCUT2D eigenvalue weighted by Crippen LogP contribution is 2.21. The van der Waals surface area contributed by atoms with Gasteiger partial charge in [-0.05, 0) is 19.8 Å². The number of thiazole rings is 2. The summed E-state index contributed by atoms with van der Waals surface area (Å²) in [6.07, 6.45) is 3.69. The predicted molar refractivity (Wildman–Crippen MR) is 91.4 cm³/mol. The van der Waals surface area contributed by atoms with Gasteiger partial charge in [0.1, 0.15) is 10.0 Å². The van der Waals surface area contributed by atoms with Crippen LogP contribution in [0.3, 0.4) is 0 Å². The van der Waals surface area contributed by atoms with Crippen molar-refractivity contribution in [1.29, 1.82) is 0 Å². The molecule has 0 saturated heterocycles. The minimum atomic E-state index is -0.0899. The van der Waals surface area contributed by atoms with Crippen LogP contribution in [0.4, 0.5) is 4.79 Å². The topological polar surface area (TPSA) is 58.1 Å². The van der Waals surface area contributed by atoms with Gasteiger partial charge in [0.05, 0.1) is 12.6 Å². The normalized spacial score (nSPS) is 12.2. The molecule has 1 N–H and O–H groups in total. The molecule has 7 heteroatoms. The number of urea groups is 1. The van der Waals surface area contributed by atoms with Crippen LogP contribution >= 0.6 is 22.7 Å². The monoisotopic (exact) mass is 338 g/mol. The average molecular weight is 339 g/mol. The highest BCUT2D eigenvalue weighted by molar-refractivity contribution is 7.11. The number of nitrogens with zero attached hydrogens (tertiary/aromatic N) is 3. The van der Waals surface area contributed by atoms with Crippen LogP contribution in [0, 0.1) is 6.92 Å². The molecule has 0 aliphatic rings. The molecular formula is C15H22N4OS2. The summed E-state index contributed by atoms with van der Waals surface area (Å²) in [4.78, 5) is 24.1. The largest absolute Gasteiger partial charge is 0.329 e. The molecule has 22 heavy (non-hydrogen) atoms. The molecule has 0 saturated carbocycles. The van der Waals surface area contributed by atoms with Gasteiger partial charge in [0.25, 0.3) is 0 Å². The lowest BCUT2D eigenvalue weighted by Crippen LogP contribution is -2.38. The summed E-state index contributed by atoms with van der Waals surface area (Å²) < 4.78 is 0. The Morgan fingerprint density at radius 3 is 2.77 bits per heavy atom. The first-order valence-electron chi connectivity index (χ1n) is 7.40. The van der Waals surface area contributed by atoms with E-state index in [1.54, 1.807) is 34.6 Å². The molecule has 0 aliphatic heterocycles. The van der Waals surface area contributed by atoms with Crippen molar-refractivity contribution in [1.82, 2.24) is 20.2 Å². The fourth-order valence-electron chi connectivity index (χ4n) is 1.99. The summed E-state index contributed by atoms with van der Waals surface area (Å²) in [6, 6.07) is -0.121. The standard InChI is InChI=1S/C15H22N4OS2/c1-5-11-7-16-13(22-11)8-19(4)15(20)18-12(6-2)14-17-10(3)9-21-14/h7,9,12H,5-6,8H2,1-4H3,(H,18,20). The van der Waals surface area contributed by atoms with Crippen molar-refractivity contribution in [3.05, 3.63) is 32.2 Å². The van der Waals surface area contributed by atoms with Crippen LogP contribution < -0.4 is 5.32 Å². The van der Waals surface area contributed by atoms with Crippen molar-refractivity contribution < 1.29 is 4.79 Å². The zero-order valence-corrected chi connectivity index (χ0v) is 15.1. The van der Waals surface area contributed by atoms with Gasteiger partial charge in [0.15, 0.2) is 0 Å². The molecule has 0 bridgehead atoms. The van der Waals surface area contributed by atoms with Crippen LogP contribution in [-0.2, 0) is 13.0 Å². The zero-order valence-electron chi connectivity index (χ0n) is 13.4. The van der Waals surface area contributed by atoms with Crippen molar-refractivity contribution in [2.45, 2.75) is 46.2 Å². The third kappa shape index (κ3) is 4.27. The summed E-state index contributed by atoms with van der Waals surface area (Å²) in [5.74, 6) is 0. The molecule has 2 amide bonds. The van der Waals surface area contributed by atoms with Crippen LogP contribution in [-0.4, -0.2) is 27.9 Å². The Morgan fingerprint density at radius 1 is 1.45 bits per heavy atom. The van der Waals surface area contributed by atoms with Crippen molar-refractivity contribution in [3.8, 4) is 0 Å². The second kappa shape index (κ2) is 7.69. The van der Waals surface area contributed by atoms with Gasteiger partial charge < -0.3 is 10.2 Å². The third-order valence-electron chi connectivity index (χ3n) is 3.31. The van der Waals surface area contributed by atoms with E-state index in [2.05, 4.69) is 29.1 Å². The molecule has 0 radical (unpaired) electrons. The minimum absolute atomic E-state index is 0.0313. The second-order valence-electron chi connectivity index (χ2n) is 5.17. The van der Waals surface area contributed by atoms with Crippen LogP contribution in [0.15, 0.2) is 11.6 Å². The van der Waals surface area contributed by atoms with Gasteiger partial charge in [0.2, 0.25) is 0 Å². The molecule has 1 unspecified atom stereocenters. The Labute approximate surface area is 139 Å². The molecule has 5 nitrogen and oxygen atoms in total. The van der Waals surface area contributed by atoms with E-state index in [0.29, 0.717) is 6.54 Å². The Kier molecular flexibility index (Phi) is 5.90. The summed E-state index contributed by atoms with van der Waals surface area (Å²) in [5.41, 5.74) is 0.996. The molecule has 120 valence electrons. The average Bonchev–Trinajstić information content (AvgIpc) is 3.13. The maximum atomic E-state index is 12.3. The first-order chi connectivity index (χ1) is 10.5. The maximum absolute atomic E-state index is 12.3. The van der Waals surface area contributed by atoms with Crippen LogP contribution in [0.5, 0.6) is 0 Å². The van der Waals surface area contributed by atoms with E-state index < -0.39 is 0 Å². The summed E-state index contributed by atoms with van der Waals surface area (Å²) in [7, 11) is 1.79. The molecule has 2 aromatic rings. The summed E-state index contributed by atoms with van der Waals surface area (Å²) in [5, 5.41) is 6.99. The third-order valence-corrected chi connectivity index (χ3v) is 5.51. The Balaban J connectivity index is 1.94. The molecule has 0 aliphatic carbocycles. The number of amides is 2. The molecule has 2 heterocycles. The zero-order chi connectivity index (χ0) is 16.1. The first kappa shape index (κ1) is 16.9. The van der Waals surface area contributed by atoms with E-state index >= 15 is 0 Å². The minimum Gasteiger partial charge on any atom is -0.329 e. The number of aryl methyl sites for hydroxylation is 2. The number of carbonyl (C=O) groups excluding carboxylic acids is 1. The molecule has 2 aromatic heterocycles. The van der Waals surface area contributed by atoms with Crippen molar-refractivity contribution in [2.24, 2.45) is 0 Å². The SMILES string of the molecule is CCc1cnc(CN(C)C(=O)NC(CC)c2nc(C)cs2)s1. The van der Waals surface area contributed by atoms with Crippen LogP contribution in [0.2, 0.25) is 0 Å². The highest BCUT2D eigenvalue weighted by atomic mass is 32.1. The molecule has 2 rings (SSSR count). The number of nitrogens with one attached hydrogen (secondary N) is 1. The van der Waals surface area contributed by atoms with Gasteiger partial charge in [-0.15, -0.1) is 22.7 Å². The van der Waals surface area contributed by atoms with Crippen molar-refractivity contribution in [3.63, 3.8) is 0 Å². The van der Waals surface area contributed by atoms with E-state index in [1.165, 1.54) is 4.88 Å². The summed E-state index contributed by atoms with van der Waals surface area (Å²) >= 11 is 3.25. The first-order valence-corrected chi connectivity index (χ1v) is 9.10.